The molecule has 0 saturated carbocycles. The van der Waals surface area contributed by atoms with E-state index in [9.17, 15) is 14.4 Å². The number of likely N-dealkylation sites (tertiary alicyclic amines) is 1. The lowest BCUT2D eigenvalue weighted by atomic mass is 9.92. The SMILES string of the molecule is C[C@H](OCc1ccccc1)[C@@H](NC(=O)OCC1c2ccccc2-c2ccccc21)C(=O)N1CCCC(CCC(=O)O)C1. The number of carboxylic acids is 1. The lowest BCUT2D eigenvalue weighted by molar-refractivity contribution is -0.139. The Labute approximate surface area is 246 Å². The molecule has 3 aromatic carbocycles. The molecule has 1 unspecified atom stereocenters. The van der Waals surface area contributed by atoms with Crippen LogP contribution in [0.3, 0.4) is 0 Å². The number of nitrogens with one attached hydrogen (secondary N) is 1. The van der Waals surface area contributed by atoms with Gasteiger partial charge in [0, 0.05) is 25.4 Å². The second kappa shape index (κ2) is 13.7. The zero-order valence-electron chi connectivity index (χ0n) is 23.9. The van der Waals surface area contributed by atoms with Crippen LogP contribution in [0.1, 0.15) is 55.2 Å². The highest BCUT2D eigenvalue weighted by Gasteiger charge is 2.35. The maximum absolute atomic E-state index is 13.8. The molecule has 220 valence electrons. The standard InChI is InChI=1S/C34H38N2O6/c1-23(41-21-25-10-3-2-4-11-25)32(33(39)36-19-9-12-24(20-36)17-18-31(37)38)35-34(40)42-22-30-28-15-7-5-13-26(28)27-14-6-8-16-29(27)30/h2-8,10-11,13-16,23-24,30,32H,9,12,17-22H2,1H3,(H,35,40)(H,37,38)/t23-,24?,32+/m0/s1. The van der Waals surface area contributed by atoms with E-state index in [4.69, 9.17) is 14.6 Å². The van der Waals surface area contributed by atoms with Gasteiger partial charge < -0.3 is 24.8 Å². The molecule has 2 N–H and O–H groups in total. The second-order valence-corrected chi connectivity index (χ2v) is 11.2. The Kier molecular flexibility index (Phi) is 9.54. The number of hydrogen-bond acceptors (Lipinski definition) is 5. The molecule has 0 bridgehead atoms. The van der Waals surface area contributed by atoms with Crippen LogP contribution in [-0.4, -0.2) is 59.8 Å². The molecule has 42 heavy (non-hydrogen) atoms. The average Bonchev–Trinajstić information content (AvgIpc) is 3.34. The molecule has 1 aliphatic carbocycles. The van der Waals surface area contributed by atoms with Crippen molar-refractivity contribution in [2.24, 2.45) is 5.92 Å². The minimum Gasteiger partial charge on any atom is -0.481 e. The van der Waals surface area contributed by atoms with Gasteiger partial charge in [-0.15, -0.1) is 0 Å². The molecular formula is C34H38N2O6. The van der Waals surface area contributed by atoms with Crippen molar-refractivity contribution in [1.82, 2.24) is 10.2 Å². The fraction of sp³-hybridized carbons (Fsp3) is 0.382. The molecule has 3 atom stereocenters. The van der Waals surface area contributed by atoms with Crippen molar-refractivity contribution in [1.29, 1.82) is 0 Å². The Morgan fingerprint density at radius 3 is 2.26 bits per heavy atom. The van der Waals surface area contributed by atoms with Gasteiger partial charge in [0.15, 0.2) is 0 Å². The first-order chi connectivity index (χ1) is 20.4. The van der Waals surface area contributed by atoms with Crippen LogP contribution in [-0.2, 0) is 25.7 Å². The number of rotatable bonds is 11. The van der Waals surface area contributed by atoms with Gasteiger partial charge in [0.05, 0.1) is 12.7 Å². The van der Waals surface area contributed by atoms with E-state index in [0.717, 1.165) is 40.7 Å². The van der Waals surface area contributed by atoms with Gasteiger partial charge in [0.1, 0.15) is 12.6 Å². The number of carboxylic acid groups (broad SMARTS) is 1. The highest BCUT2D eigenvalue weighted by Crippen LogP contribution is 2.44. The summed E-state index contributed by atoms with van der Waals surface area (Å²) in [6.45, 7) is 3.22. The number of fused-ring (bicyclic) bond motifs is 3. The predicted octanol–water partition coefficient (Wildman–Crippen LogP) is 5.60. The maximum atomic E-state index is 13.8. The number of aliphatic carboxylic acids is 1. The Morgan fingerprint density at radius 2 is 1.60 bits per heavy atom. The summed E-state index contributed by atoms with van der Waals surface area (Å²) in [5, 5.41) is 11.9. The van der Waals surface area contributed by atoms with Gasteiger partial charge in [-0.2, -0.15) is 0 Å². The minimum absolute atomic E-state index is 0.0741. The van der Waals surface area contributed by atoms with Gasteiger partial charge in [-0.1, -0.05) is 78.9 Å². The number of alkyl carbamates (subject to hydrolysis) is 1. The van der Waals surface area contributed by atoms with Crippen LogP contribution >= 0.6 is 0 Å². The van der Waals surface area contributed by atoms with Crippen LogP contribution in [0.15, 0.2) is 78.9 Å². The van der Waals surface area contributed by atoms with Crippen molar-refractivity contribution in [3.8, 4) is 11.1 Å². The summed E-state index contributed by atoms with van der Waals surface area (Å²) in [4.78, 5) is 39.9. The van der Waals surface area contributed by atoms with Gasteiger partial charge in [-0.3, -0.25) is 9.59 Å². The summed E-state index contributed by atoms with van der Waals surface area (Å²) >= 11 is 0. The summed E-state index contributed by atoms with van der Waals surface area (Å²) < 4.78 is 11.8. The molecule has 1 aliphatic heterocycles. The van der Waals surface area contributed by atoms with Crippen molar-refractivity contribution < 1.29 is 29.0 Å². The van der Waals surface area contributed by atoms with Crippen molar-refractivity contribution in [2.75, 3.05) is 19.7 Å². The van der Waals surface area contributed by atoms with E-state index in [0.29, 0.717) is 26.1 Å². The van der Waals surface area contributed by atoms with E-state index in [1.54, 1.807) is 11.8 Å². The highest BCUT2D eigenvalue weighted by molar-refractivity contribution is 5.86. The molecular weight excluding hydrogens is 532 g/mol. The summed E-state index contributed by atoms with van der Waals surface area (Å²) in [5.74, 6) is -1.07. The van der Waals surface area contributed by atoms with Crippen molar-refractivity contribution >= 4 is 18.0 Å². The summed E-state index contributed by atoms with van der Waals surface area (Å²) in [7, 11) is 0. The third kappa shape index (κ3) is 6.99. The quantitative estimate of drug-likeness (QED) is 0.311. The second-order valence-electron chi connectivity index (χ2n) is 11.2. The lowest BCUT2D eigenvalue weighted by Gasteiger charge is -2.36. The Bertz CT molecular complexity index is 1350. The highest BCUT2D eigenvalue weighted by atomic mass is 16.5. The summed E-state index contributed by atoms with van der Waals surface area (Å²) in [6, 6.07) is 25.0. The zero-order chi connectivity index (χ0) is 29.5. The topological polar surface area (TPSA) is 105 Å². The smallest absolute Gasteiger partial charge is 0.407 e. The minimum atomic E-state index is -0.956. The molecule has 5 rings (SSSR count). The van der Waals surface area contributed by atoms with Gasteiger partial charge in [0.25, 0.3) is 0 Å². The first-order valence-electron chi connectivity index (χ1n) is 14.7. The van der Waals surface area contributed by atoms with E-state index >= 15 is 0 Å². The number of carbonyl (C=O) groups is 3. The van der Waals surface area contributed by atoms with Crippen LogP contribution in [0.2, 0.25) is 0 Å². The normalized spacial score (nSPS) is 17.5. The van der Waals surface area contributed by atoms with Crippen LogP contribution in [0.25, 0.3) is 11.1 Å². The molecule has 8 heteroatoms. The molecule has 1 saturated heterocycles. The van der Waals surface area contributed by atoms with E-state index in [-0.39, 0.29) is 30.8 Å². The summed E-state index contributed by atoms with van der Waals surface area (Å²) in [6.07, 6.45) is 0.950. The average molecular weight is 571 g/mol. The molecule has 8 nitrogen and oxygen atoms in total. The number of piperidine rings is 1. The first kappa shape index (κ1) is 29.3. The van der Waals surface area contributed by atoms with Crippen LogP contribution in [0.4, 0.5) is 4.79 Å². The van der Waals surface area contributed by atoms with Crippen molar-refractivity contribution in [3.05, 3.63) is 95.6 Å². The van der Waals surface area contributed by atoms with Gasteiger partial charge in [-0.25, -0.2) is 4.79 Å². The monoisotopic (exact) mass is 570 g/mol. The van der Waals surface area contributed by atoms with E-state index < -0.39 is 24.2 Å². The first-order valence-corrected chi connectivity index (χ1v) is 14.7. The maximum Gasteiger partial charge on any atom is 0.407 e. The van der Waals surface area contributed by atoms with Crippen LogP contribution in [0, 0.1) is 5.92 Å². The van der Waals surface area contributed by atoms with E-state index in [1.807, 2.05) is 54.6 Å². The largest absolute Gasteiger partial charge is 0.481 e. The fourth-order valence-electron chi connectivity index (χ4n) is 6.07. The molecule has 1 fully saturated rings. The number of ether oxygens (including phenoxy) is 2. The number of nitrogens with zero attached hydrogens (tertiary/aromatic N) is 1. The zero-order valence-corrected chi connectivity index (χ0v) is 23.9. The van der Waals surface area contributed by atoms with Gasteiger partial charge >= 0.3 is 12.1 Å². The lowest BCUT2D eigenvalue weighted by Crippen LogP contribution is -2.56. The van der Waals surface area contributed by atoms with E-state index in [1.165, 1.54) is 0 Å². The summed E-state index contributed by atoms with van der Waals surface area (Å²) in [5.41, 5.74) is 5.46. The number of carbonyl (C=O) groups excluding carboxylic acids is 2. The molecule has 2 aliphatic rings. The van der Waals surface area contributed by atoms with Crippen molar-refractivity contribution in [3.63, 3.8) is 0 Å². The van der Waals surface area contributed by atoms with Crippen LogP contribution < -0.4 is 5.32 Å². The van der Waals surface area contributed by atoms with E-state index in [2.05, 4.69) is 29.6 Å². The molecule has 2 amide bonds. The number of benzene rings is 3. The third-order valence-corrected chi connectivity index (χ3v) is 8.31. The number of hydrogen-bond donors (Lipinski definition) is 2. The Hall–Kier alpha value is -4.17. The Balaban J connectivity index is 1.27. The predicted molar refractivity (Wildman–Crippen MR) is 159 cm³/mol. The molecule has 0 spiro atoms. The van der Waals surface area contributed by atoms with Gasteiger partial charge in [-0.05, 0) is 59.9 Å². The molecule has 0 radical (unpaired) electrons. The molecule has 0 aromatic heterocycles. The fourth-order valence-corrected chi connectivity index (χ4v) is 6.07. The number of amides is 2. The van der Waals surface area contributed by atoms with Crippen molar-refractivity contribution in [2.45, 2.75) is 57.3 Å². The Morgan fingerprint density at radius 1 is 0.952 bits per heavy atom. The van der Waals surface area contributed by atoms with Gasteiger partial charge in [0.2, 0.25) is 5.91 Å². The molecule has 1 heterocycles. The third-order valence-electron chi connectivity index (χ3n) is 8.31. The molecule has 3 aromatic rings. The van der Waals surface area contributed by atoms with Crippen LogP contribution in [0.5, 0.6) is 0 Å².